The van der Waals surface area contributed by atoms with Crippen molar-refractivity contribution < 1.29 is 0 Å². The lowest BCUT2D eigenvalue weighted by atomic mass is 10.1. The molecule has 3 aromatic rings. The van der Waals surface area contributed by atoms with E-state index < -0.39 is 0 Å². The molecule has 0 fully saturated rings. The van der Waals surface area contributed by atoms with Gasteiger partial charge in [0.1, 0.15) is 0 Å². The standard InChI is InChI=1S/C15H11N3.C5H11Cl/c1-3-9-16-13(7-1)12-6-5-11-18-15(12)14-8-2-4-10-17-14;1-2-3-4-5-6/h1-11H;2-5H2,1H3. The quantitative estimate of drug-likeness (QED) is 0.447. The maximum Gasteiger partial charge on any atom is 0.0980 e. The van der Waals surface area contributed by atoms with Crippen molar-refractivity contribution in [2.45, 2.75) is 26.2 Å². The molecule has 0 aliphatic carbocycles. The van der Waals surface area contributed by atoms with Gasteiger partial charge >= 0.3 is 0 Å². The summed E-state index contributed by atoms with van der Waals surface area (Å²) in [6.07, 6.45) is 9.06. The van der Waals surface area contributed by atoms with Crippen LogP contribution in [0.4, 0.5) is 0 Å². The minimum atomic E-state index is 0.827. The Morgan fingerprint density at radius 2 is 1.42 bits per heavy atom. The molecule has 0 bridgehead atoms. The normalized spacial score (nSPS) is 9.92. The van der Waals surface area contributed by atoms with Gasteiger partial charge in [0.2, 0.25) is 0 Å². The molecular weight excluding hydrogens is 318 g/mol. The second-order valence-electron chi connectivity index (χ2n) is 5.23. The summed E-state index contributed by atoms with van der Waals surface area (Å²) >= 11 is 5.38. The molecule has 0 atom stereocenters. The van der Waals surface area contributed by atoms with E-state index in [2.05, 4.69) is 21.9 Å². The Kier molecular flexibility index (Phi) is 7.91. The van der Waals surface area contributed by atoms with Crippen LogP contribution in [0.5, 0.6) is 0 Å². The van der Waals surface area contributed by atoms with Gasteiger partial charge in [-0.15, -0.1) is 11.6 Å². The highest BCUT2D eigenvalue weighted by Gasteiger charge is 2.09. The van der Waals surface area contributed by atoms with Gasteiger partial charge in [-0.3, -0.25) is 15.0 Å². The fourth-order valence-corrected chi connectivity index (χ4v) is 2.37. The molecule has 0 aromatic carbocycles. The first-order valence-electron chi connectivity index (χ1n) is 8.20. The van der Waals surface area contributed by atoms with Crippen molar-refractivity contribution in [3.05, 3.63) is 67.1 Å². The number of rotatable bonds is 5. The van der Waals surface area contributed by atoms with Gasteiger partial charge < -0.3 is 0 Å². The van der Waals surface area contributed by atoms with E-state index in [-0.39, 0.29) is 0 Å². The van der Waals surface area contributed by atoms with Crippen LogP contribution >= 0.6 is 11.6 Å². The fourth-order valence-electron chi connectivity index (χ4n) is 2.19. The molecule has 0 saturated carbocycles. The van der Waals surface area contributed by atoms with Crippen LogP contribution in [-0.4, -0.2) is 20.8 Å². The Labute approximate surface area is 148 Å². The summed E-state index contributed by atoms with van der Waals surface area (Å²) in [6.45, 7) is 2.17. The summed E-state index contributed by atoms with van der Waals surface area (Å²) in [6, 6.07) is 15.6. The Bertz CT molecular complexity index is 640. The van der Waals surface area contributed by atoms with Crippen LogP contribution in [0.15, 0.2) is 67.1 Å². The van der Waals surface area contributed by atoms with Crippen molar-refractivity contribution in [2.24, 2.45) is 0 Å². The Balaban J connectivity index is 0.000000301. The van der Waals surface area contributed by atoms with E-state index >= 15 is 0 Å². The number of halogens is 1. The van der Waals surface area contributed by atoms with Crippen LogP contribution in [0.2, 0.25) is 0 Å². The van der Waals surface area contributed by atoms with Crippen LogP contribution in [0.1, 0.15) is 26.2 Å². The minimum Gasteiger partial charge on any atom is -0.256 e. The third kappa shape index (κ3) is 5.43. The topological polar surface area (TPSA) is 38.7 Å². The predicted molar refractivity (Wildman–Crippen MR) is 101 cm³/mol. The first-order valence-corrected chi connectivity index (χ1v) is 8.74. The zero-order chi connectivity index (χ0) is 17.0. The monoisotopic (exact) mass is 339 g/mol. The average molecular weight is 340 g/mol. The minimum absolute atomic E-state index is 0.827. The number of hydrogen-bond donors (Lipinski definition) is 0. The number of nitrogens with zero attached hydrogens (tertiary/aromatic N) is 3. The van der Waals surface area contributed by atoms with Crippen LogP contribution in [-0.2, 0) is 0 Å². The number of unbranched alkanes of at least 4 members (excludes halogenated alkanes) is 2. The zero-order valence-electron chi connectivity index (χ0n) is 13.9. The lowest BCUT2D eigenvalue weighted by molar-refractivity contribution is 0.776. The number of aromatic nitrogens is 3. The van der Waals surface area contributed by atoms with E-state index in [0.29, 0.717) is 0 Å². The molecule has 0 amide bonds. The highest BCUT2D eigenvalue weighted by atomic mass is 35.5. The second kappa shape index (κ2) is 10.5. The molecule has 0 saturated heterocycles. The van der Waals surface area contributed by atoms with Gasteiger partial charge in [-0.1, -0.05) is 31.9 Å². The third-order valence-corrected chi connectivity index (χ3v) is 3.66. The molecule has 3 heterocycles. The highest BCUT2D eigenvalue weighted by molar-refractivity contribution is 6.17. The molecule has 0 unspecified atom stereocenters. The molecule has 3 aromatic heterocycles. The summed E-state index contributed by atoms with van der Waals surface area (Å²) in [4.78, 5) is 13.1. The fraction of sp³-hybridized carbons (Fsp3) is 0.250. The average Bonchev–Trinajstić information content (AvgIpc) is 2.68. The van der Waals surface area contributed by atoms with E-state index in [1.165, 1.54) is 19.3 Å². The largest absolute Gasteiger partial charge is 0.256 e. The Morgan fingerprint density at radius 1 is 0.750 bits per heavy atom. The number of pyridine rings is 3. The van der Waals surface area contributed by atoms with Crippen molar-refractivity contribution in [2.75, 3.05) is 5.88 Å². The van der Waals surface area contributed by atoms with Crippen molar-refractivity contribution in [3.63, 3.8) is 0 Å². The number of hydrogen-bond acceptors (Lipinski definition) is 3. The van der Waals surface area contributed by atoms with Gasteiger partial charge in [-0.05, 0) is 42.8 Å². The summed E-state index contributed by atoms with van der Waals surface area (Å²) in [5.74, 6) is 0.827. The van der Waals surface area contributed by atoms with Crippen LogP contribution in [0.3, 0.4) is 0 Å². The first kappa shape index (κ1) is 18.1. The molecule has 3 rings (SSSR count). The molecule has 3 nitrogen and oxygen atoms in total. The summed E-state index contributed by atoms with van der Waals surface area (Å²) in [5.41, 5.74) is 3.62. The van der Waals surface area contributed by atoms with E-state index in [4.69, 9.17) is 11.6 Å². The third-order valence-electron chi connectivity index (χ3n) is 3.39. The highest BCUT2D eigenvalue weighted by Crippen LogP contribution is 2.26. The van der Waals surface area contributed by atoms with Gasteiger partial charge in [-0.2, -0.15) is 0 Å². The molecule has 0 aliphatic rings. The summed E-state index contributed by atoms with van der Waals surface area (Å²) in [7, 11) is 0. The smallest absolute Gasteiger partial charge is 0.0980 e. The van der Waals surface area contributed by atoms with Crippen molar-refractivity contribution in [1.82, 2.24) is 15.0 Å². The second-order valence-corrected chi connectivity index (χ2v) is 5.60. The molecular formula is C20H22ClN3. The lowest BCUT2D eigenvalue weighted by Crippen LogP contribution is -1.92. The molecule has 0 N–H and O–H groups in total. The molecule has 124 valence electrons. The Morgan fingerprint density at radius 3 is 1.96 bits per heavy atom. The van der Waals surface area contributed by atoms with Gasteiger partial charge in [0, 0.05) is 30.0 Å². The first-order chi connectivity index (χ1) is 11.9. The van der Waals surface area contributed by atoms with E-state index in [0.717, 1.165) is 28.5 Å². The predicted octanol–water partition coefficient (Wildman–Crippen LogP) is 5.62. The van der Waals surface area contributed by atoms with Crippen LogP contribution < -0.4 is 0 Å². The van der Waals surface area contributed by atoms with E-state index in [9.17, 15) is 0 Å². The van der Waals surface area contributed by atoms with Gasteiger partial charge in [0.05, 0.1) is 17.1 Å². The SMILES string of the molecule is CCCCCCl.c1ccc(-c2cccnc2-c2ccccn2)nc1. The van der Waals surface area contributed by atoms with Crippen LogP contribution in [0.25, 0.3) is 22.6 Å². The molecule has 0 radical (unpaired) electrons. The molecule has 0 spiro atoms. The molecule has 4 heteroatoms. The number of alkyl halides is 1. The van der Waals surface area contributed by atoms with Crippen molar-refractivity contribution in [3.8, 4) is 22.6 Å². The van der Waals surface area contributed by atoms with Gasteiger partial charge in [0.25, 0.3) is 0 Å². The molecule has 0 aliphatic heterocycles. The van der Waals surface area contributed by atoms with Crippen LogP contribution in [0, 0.1) is 0 Å². The maximum atomic E-state index is 5.38. The van der Waals surface area contributed by atoms with E-state index in [1.807, 2.05) is 48.5 Å². The van der Waals surface area contributed by atoms with E-state index in [1.54, 1.807) is 18.6 Å². The van der Waals surface area contributed by atoms with Gasteiger partial charge in [-0.25, -0.2) is 0 Å². The van der Waals surface area contributed by atoms with Gasteiger partial charge in [0.15, 0.2) is 0 Å². The zero-order valence-corrected chi connectivity index (χ0v) is 14.7. The van der Waals surface area contributed by atoms with Crippen molar-refractivity contribution in [1.29, 1.82) is 0 Å². The Hall–Kier alpha value is -2.26. The van der Waals surface area contributed by atoms with Crippen molar-refractivity contribution >= 4 is 11.6 Å². The summed E-state index contributed by atoms with van der Waals surface area (Å²) < 4.78 is 0. The maximum absolute atomic E-state index is 5.38. The molecule has 24 heavy (non-hydrogen) atoms. The summed E-state index contributed by atoms with van der Waals surface area (Å²) in [5, 5.41) is 0. The lowest BCUT2D eigenvalue weighted by Gasteiger charge is -2.06.